The second-order valence-corrected chi connectivity index (χ2v) is 4.80. The molecule has 2 N–H and O–H groups in total. The molecule has 1 aromatic heterocycles. The van der Waals surface area contributed by atoms with Gasteiger partial charge in [-0.15, -0.1) is 0 Å². The Morgan fingerprint density at radius 3 is 2.81 bits per heavy atom. The van der Waals surface area contributed by atoms with E-state index in [0.717, 1.165) is 5.56 Å². The zero-order valence-corrected chi connectivity index (χ0v) is 11.7. The van der Waals surface area contributed by atoms with E-state index < -0.39 is 0 Å². The third kappa shape index (κ3) is 2.79. The minimum absolute atomic E-state index is 0.0237. The average molecular weight is 284 g/mol. The minimum Gasteiger partial charge on any atom is -0.479 e. The van der Waals surface area contributed by atoms with Gasteiger partial charge in [-0.1, -0.05) is 30.3 Å². The molecule has 0 fully saturated rings. The number of ether oxygens (including phenoxy) is 1. The van der Waals surface area contributed by atoms with E-state index in [0.29, 0.717) is 30.2 Å². The standard InChI is InChI=1S/C15H16N4O2/c1-21-15-13-14(16-9-17-15)18-11(7-8-12(20)19-13)10-5-3-2-4-6-10/h2-6,9,11H,7-8H2,1H3,(H,19,20)(H,16,17,18). The smallest absolute Gasteiger partial charge is 0.242 e. The molecule has 0 saturated heterocycles. The Hall–Kier alpha value is -2.63. The largest absolute Gasteiger partial charge is 0.479 e. The summed E-state index contributed by atoms with van der Waals surface area (Å²) >= 11 is 0. The number of methoxy groups -OCH3 is 1. The summed E-state index contributed by atoms with van der Waals surface area (Å²) < 4.78 is 5.19. The first-order valence-corrected chi connectivity index (χ1v) is 6.78. The summed E-state index contributed by atoms with van der Waals surface area (Å²) in [6, 6.07) is 10.0. The lowest BCUT2D eigenvalue weighted by Gasteiger charge is -2.24. The number of carbonyl (C=O) groups excluding carboxylic acids is 1. The van der Waals surface area contributed by atoms with E-state index in [2.05, 4.69) is 20.6 Å². The number of rotatable bonds is 2. The number of hydrogen-bond acceptors (Lipinski definition) is 5. The van der Waals surface area contributed by atoms with Crippen LogP contribution in [0.4, 0.5) is 11.5 Å². The van der Waals surface area contributed by atoms with Crippen molar-refractivity contribution in [3.8, 4) is 5.88 Å². The van der Waals surface area contributed by atoms with Crippen LogP contribution in [0.2, 0.25) is 0 Å². The molecule has 108 valence electrons. The van der Waals surface area contributed by atoms with Crippen molar-refractivity contribution >= 4 is 17.4 Å². The summed E-state index contributed by atoms with van der Waals surface area (Å²) in [4.78, 5) is 20.2. The summed E-state index contributed by atoms with van der Waals surface area (Å²) in [7, 11) is 1.52. The molecule has 0 radical (unpaired) electrons. The molecule has 0 aliphatic carbocycles. The van der Waals surface area contributed by atoms with Gasteiger partial charge >= 0.3 is 0 Å². The number of aromatic nitrogens is 2. The molecule has 1 aliphatic rings. The maximum absolute atomic E-state index is 12.0. The normalized spacial score (nSPS) is 17.8. The fourth-order valence-electron chi connectivity index (χ4n) is 2.40. The number of fused-ring (bicyclic) bond motifs is 1. The van der Waals surface area contributed by atoms with E-state index in [-0.39, 0.29) is 11.9 Å². The summed E-state index contributed by atoms with van der Waals surface area (Å²) in [5, 5.41) is 6.17. The third-order valence-corrected chi connectivity index (χ3v) is 3.44. The van der Waals surface area contributed by atoms with Crippen LogP contribution in [-0.4, -0.2) is 23.0 Å². The maximum atomic E-state index is 12.0. The van der Waals surface area contributed by atoms with Gasteiger partial charge < -0.3 is 15.4 Å². The van der Waals surface area contributed by atoms with E-state index in [4.69, 9.17) is 4.74 Å². The summed E-state index contributed by atoms with van der Waals surface area (Å²) in [6.07, 6.45) is 2.53. The van der Waals surface area contributed by atoms with E-state index in [1.54, 1.807) is 0 Å². The van der Waals surface area contributed by atoms with Crippen LogP contribution in [0.1, 0.15) is 24.4 Å². The summed E-state index contributed by atoms with van der Waals surface area (Å²) in [6.45, 7) is 0. The first-order chi connectivity index (χ1) is 10.3. The molecule has 1 atom stereocenters. The van der Waals surface area contributed by atoms with Crippen molar-refractivity contribution in [2.75, 3.05) is 17.7 Å². The van der Waals surface area contributed by atoms with Gasteiger partial charge in [-0.2, -0.15) is 4.98 Å². The SMILES string of the molecule is COc1ncnc2c1NC(=O)CCC(c1ccccc1)N2. The van der Waals surface area contributed by atoms with Crippen LogP contribution in [-0.2, 0) is 4.79 Å². The highest BCUT2D eigenvalue weighted by molar-refractivity contribution is 5.95. The monoisotopic (exact) mass is 284 g/mol. The van der Waals surface area contributed by atoms with Crippen molar-refractivity contribution in [1.29, 1.82) is 0 Å². The van der Waals surface area contributed by atoms with Crippen molar-refractivity contribution < 1.29 is 9.53 Å². The number of benzene rings is 1. The molecular formula is C15H16N4O2. The van der Waals surface area contributed by atoms with Gasteiger partial charge in [-0.3, -0.25) is 4.79 Å². The number of nitrogens with one attached hydrogen (secondary N) is 2. The average Bonchev–Trinajstić information content (AvgIpc) is 2.51. The number of carbonyl (C=O) groups is 1. The van der Waals surface area contributed by atoms with E-state index in [1.807, 2.05) is 30.3 Å². The molecule has 2 aromatic rings. The molecule has 6 nitrogen and oxygen atoms in total. The van der Waals surface area contributed by atoms with Gasteiger partial charge in [0.25, 0.3) is 0 Å². The van der Waals surface area contributed by atoms with E-state index in [9.17, 15) is 4.79 Å². The number of nitrogens with zero attached hydrogens (tertiary/aromatic N) is 2. The highest BCUT2D eigenvalue weighted by Crippen LogP contribution is 2.34. The molecular weight excluding hydrogens is 268 g/mol. The lowest BCUT2D eigenvalue weighted by molar-refractivity contribution is -0.116. The van der Waals surface area contributed by atoms with Crippen LogP contribution in [0.25, 0.3) is 0 Å². The molecule has 0 bridgehead atoms. The van der Waals surface area contributed by atoms with Gasteiger partial charge in [0, 0.05) is 6.42 Å². The van der Waals surface area contributed by atoms with Crippen LogP contribution >= 0.6 is 0 Å². The van der Waals surface area contributed by atoms with Crippen molar-refractivity contribution in [1.82, 2.24) is 9.97 Å². The Kier molecular flexibility index (Phi) is 3.68. The Bertz CT molecular complexity index is 645. The van der Waals surface area contributed by atoms with Gasteiger partial charge in [-0.25, -0.2) is 4.98 Å². The van der Waals surface area contributed by atoms with Crippen LogP contribution in [0.5, 0.6) is 5.88 Å². The molecule has 1 amide bonds. The van der Waals surface area contributed by atoms with Crippen LogP contribution < -0.4 is 15.4 Å². The molecule has 1 aromatic carbocycles. The first-order valence-electron chi connectivity index (χ1n) is 6.78. The zero-order chi connectivity index (χ0) is 14.7. The zero-order valence-electron chi connectivity index (χ0n) is 11.7. The highest BCUT2D eigenvalue weighted by atomic mass is 16.5. The fraction of sp³-hybridized carbons (Fsp3) is 0.267. The molecule has 21 heavy (non-hydrogen) atoms. The first kappa shape index (κ1) is 13.4. The lowest BCUT2D eigenvalue weighted by atomic mass is 10.0. The molecule has 1 aliphatic heterocycles. The van der Waals surface area contributed by atoms with Crippen LogP contribution in [0.15, 0.2) is 36.7 Å². The van der Waals surface area contributed by atoms with Gasteiger partial charge in [0.05, 0.1) is 13.2 Å². The quantitative estimate of drug-likeness (QED) is 0.885. The molecule has 3 rings (SSSR count). The Labute approximate surface area is 122 Å². The van der Waals surface area contributed by atoms with Crippen LogP contribution in [0, 0.1) is 0 Å². The van der Waals surface area contributed by atoms with Gasteiger partial charge in [-0.05, 0) is 12.0 Å². The minimum atomic E-state index is -0.0632. The van der Waals surface area contributed by atoms with Crippen molar-refractivity contribution in [3.63, 3.8) is 0 Å². The predicted octanol–water partition coefficient (Wildman–Crippen LogP) is 2.37. The van der Waals surface area contributed by atoms with E-state index in [1.165, 1.54) is 13.4 Å². The fourth-order valence-corrected chi connectivity index (χ4v) is 2.40. The Morgan fingerprint density at radius 1 is 1.24 bits per heavy atom. The van der Waals surface area contributed by atoms with Gasteiger partial charge in [0.2, 0.25) is 11.8 Å². The number of anilines is 2. The third-order valence-electron chi connectivity index (χ3n) is 3.44. The Morgan fingerprint density at radius 2 is 2.05 bits per heavy atom. The van der Waals surface area contributed by atoms with Gasteiger partial charge in [0.1, 0.15) is 12.0 Å². The van der Waals surface area contributed by atoms with Crippen molar-refractivity contribution in [2.45, 2.75) is 18.9 Å². The highest BCUT2D eigenvalue weighted by Gasteiger charge is 2.23. The number of amides is 1. The lowest BCUT2D eigenvalue weighted by Crippen LogP contribution is -2.22. The maximum Gasteiger partial charge on any atom is 0.242 e. The number of hydrogen-bond donors (Lipinski definition) is 2. The second-order valence-electron chi connectivity index (χ2n) is 4.80. The van der Waals surface area contributed by atoms with Gasteiger partial charge in [0.15, 0.2) is 5.82 Å². The van der Waals surface area contributed by atoms with Crippen LogP contribution in [0.3, 0.4) is 0 Å². The second kappa shape index (κ2) is 5.78. The van der Waals surface area contributed by atoms with Crippen molar-refractivity contribution in [3.05, 3.63) is 42.2 Å². The topological polar surface area (TPSA) is 76.1 Å². The predicted molar refractivity (Wildman–Crippen MR) is 79.3 cm³/mol. The van der Waals surface area contributed by atoms with Crippen molar-refractivity contribution in [2.24, 2.45) is 0 Å². The summed E-state index contributed by atoms with van der Waals surface area (Å²) in [5.41, 5.74) is 1.61. The molecule has 0 spiro atoms. The summed E-state index contributed by atoms with van der Waals surface area (Å²) in [5.74, 6) is 0.866. The molecule has 6 heteroatoms. The molecule has 2 heterocycles. The molecule has 0 saturated carbocycles. The Balaban J connectivity index is 2.00. The van der Waals surface area contributed by atoms with E-state index >= 15 is 0 Å². The molecule has 1 unspecified atom stereocenters.